The molecule has 1 aromatic rings. The maximum atomic E-state index is 12.1. The second-order valence-corrected chi connectivity index (χ2v) is 5.39. The summed E-state index contributed by atoms with van der Waals surface area (Å²) in [4.78, 5) is 26.0. The van der Waals surface area contributed by atoms with Gasteiger partial charge in [0, 0.05) is 6.04 Å². The number of rotatable bonds is 8. The van der Waals surface area contributed by atoms with Crippen molar-refractivity contribution in [1.29, 1.82) is 0 Å². The Bertz CT molecular complexity index is 508. The van der Waals surface area contributed by atoms with Gasteiger partial charge in [-0.05, 0) is 19.4 Å². The smallest absolute Gasteiger partial charge is 0.300 e. The van der Waals surface area contributed by atoms with E-state index in [1.807, 2.05) is 6.92 Å². The average molecular weight is 314 g/mol. The zero-order valence-corrected chi connectivity index (χ0v) is 13.0. The number of amides is 1. The van der Waals surface area contributed by atoms with E-state index in [0.29, 0.717) is 0 Å². The van der Waals surface area contributed by atoms with E-state index in [-0.39, 0.29) is 22.4 Å². The van der Waals surface area contributed by atoms with Crippen LogP contribution in [0.1, 0.15) is 56.3 Å². The lowest BCUT2D eigenvalue weighted by Crippen LogP contribution is -2.33. The highest BCUT2D eigenvalue weighted by Gasteiger charge is 2.22. The quantitative estimate of drug-likeness (QED) is 0.343. The average Bonchev–Trinajstić information content (AvgIpc) is 2.43. The Kier molecular flexibility index (Phi) is 7.08. The highest BCUT2D eigenvalue weighted by Crippen LogP contribution is 2.20. The fourth-order valence-corrected chi connectivity index (χ4v) is 2.16. The summed E-state index contributed by atoms with van der Waals surface area (Å²) >= 11 is 5.71. The van der Waals surface area contributed by atoms with E-state index in [1.54, 1.807) is 0 Å². The molecule has 0 bridgehead atoms. The maximum absolute atomic E-state index is 12.1. The van der Waals surface area contributed by atoms with Crippen LogP contribution in [0.4, 0.5) is 5.69 Å². The maximum Gasteiger partial charge on any atom is 0.300 e. The Hall–Kier alpha value is -1.69. The van der Waals surface area contributed by atoms with Gasteiger partial charge < -0.3 is 5.32 Å². The zero-order valence-electron chi connectivity index (χ0n) is 12.3. The standard InChI is InChI=1S/C14H20ClN3O3/c1-3-4-5-6-7-10(2)17-14(19)11-8-13(15)16-9-12(11)18(20)21/h8-10H,3-7H2,1-2H3,(H,17,19). The first-order valence-corrected chi connectivity index (χ1v) is 7.44. The van der Waals surface area contributed by atoms with E-state index in [0.717, 1.165) is 31.9 Å². The SMILES string of the molecule is CCCCCCC(C)NC(=O)c1cc(Cl)ncc1[N+](=O)[O-]. The van der Waals surface area contributed by atoms with E-state index in [1.165, 1.54) is 12.5 Å². The van der Waals surface area contributed by atoms with Crippen LogP contribution in [0.2, 0.25) is 5.15 Å². The first-order chi connectivity index (χ1) is 9.95. The number of nitrogens with zero attached hydrogens (tertiary/aromatic N) is 2. The molecule has 0 saturated heterocycles. The highest BCUT2D eigenvalue weighted by molar-refractivity contribution is 6.29. The van der Waals surface area contributed by atoms with E-state index in [9.17, 15) is 14.9 Å². The molecule has 0 fully saturated rings. The van der Waals surface area contributed by atoms with Crippen LogP contribution in [0.15, 0.2) is 12.3 Å². The first-order valence-electron chi connectivity index (χ1n) is 7.06. The number of hydrogen-bond donors (Lipinski definition) is 1. The lowest BCUT2D eigenvalue weighted by atomic mass is 10.1. The number of halogens is 1. The van der Waals surface area contributed by atoms with Crippen molar-refractivity contribution in [3.05, 3.63) is 33.1 Å². The van der Waals surface area contributed by atoms with Crippen molar-refractivity contribution in [3.63, 3.8) is 0 Å². The second kappa shape index (κ2) is 8.56. The van der Waals surface area contributed by atoms with Gasteiger partial charge in [-0.2, -0.15) is 0 Å². The molecule has 0 saturated carbocycles. The number of hydrogen-bond acceptors (Lipinski definition) is 4. The van der Waals surface area contributed by atoms with Gasteiger partial charge in [0.25, 0.3) is 11.6 Å². The number of carbonyl (C=O) groups excluding carboxylic acids is 1. The van der Waals surface area contributed by atoms with Crippen molar-refractivity contribution in [2.75, 3.05) is 0 Å². The van der Waals surface area contributed by atoms with Crippen LogP contribution in [0, 0.1) is 10.1 Å². The molecule has 1 amide bonds. The normalized spacial score (nSPS) is 12.0. The third-order valence-electron chi connectivity index (χ3n) is 3.16. The predicted octanol–water partition coefficient (Wildman–Crippen LogP) is 3.73. The van der Waals surface area contributed by atoms with E-state index >= 15 is 0 Å². The van der Waals surface area contributed by atoms with Crippen LogP contribution >= 0.6 is 11.6 Å². The summed E-state index contributed by atoms with van der Waals surface area (Å²) in [5.74, 6) is -0.492. The summed E-state index contributed by atoms with van der Waals surface area (Å²) in [7, 11) is 0. The summed E-state index contributed by atoms with van der Waals surface area (Å²) in [5, 5.41) is 13.7. The predicted molar refractivity (Wildman–Crippen MR) is 81.6 cm³/mol. The molecule has 1 atom stereocenters. The number of nitrogens with one attached hydrogen (secondary N) is 1. The van der Waals surface area contributed by atoms with Crippen LogP contribution in [0.3, 0.4) is 0 Å². The summed E-state index contributed by atoms with van der Waals surface area (Å²) in [5.41, 5.74) is -0.393. The third-order valence-corrected chi connectivity index (χ3v) is 3.37. The minimum Gasteiger partial charge on any atom is -0.349 e. The Labute approximate surface area is 129 Å². The second-order valence-electron chi connectivity index (χ2n) is 5.01. The molecule has 1 aromatic heterocycles. The molecule has 1 heterocycles. The molecule has 0 radical (unpaired) electrons. The van der Waals surface area contributed by atoms with Crippen LogP contribution in [-0.4, -0.2) is 21.9 Å². The Morgan fingerprint density at radius 1 is 1.48 bits per heavy atom. The van der Waals surface area contributed by atoms with E-state index < -0.39 is 10.8 Å². The summed E-state index contributed by atoms with van der Waals surface area (Å²) < 4.78 is 0. The molecule has 7 heteroatoms. The Balaban J connectivity index is 2.66. The molecule has 0 aliphatic heterocycles. The number of carbonyl (C=O) groups is 1. The van der Waals surface area contributed by atoms with Gasteiger partial charge in [-0.25, -0.2) is 4.98 Å². The lowest BCUT2D eigenvalue weighted by Gasteiger charge is -2.13. The van der Waals surface area contributed by atoms with Gasteiger partial charge in [0.1, 0.15) is 16.9 Å². The molecule has 0 aliphatic rings. The molecule has 6 nitrogen and oxygen atoms in total. The highest BCUT2D eigenvalue weighted by atomic mass is 35.5. The van der Waals surface area contributed by atoms with Crippen molar-refractivity contribution in [3.8, 4) is 0 Å². The molecule has 0 aliphatic carbocycles. The Morgan fingerprint density at radius 3 is 2.81 bits per heavy atom. The van der Waals surface area contributed by atoms with Crippen molar-refractivity contribution >= 4 is 23.2 Å². The zero-order chi connectivity index (χ0) is 15.8. The van der Waals surface area contributed by atoms with Crippen molar-refractivity contribution in [2.45, 2.75) is 52.0 Å². The molecular weight excluding hydrogens is 294 g/mol. The molecule has 0 aromatic carbocycles. The van der Waals surface area contributed by atoms with E-state index in [2.05, 4.69) is 17.2 Å². The number of aromatic nitrogens is 1. The molecule has 1 rings (SSSR count). The number of unbranched alkanes of at least 4 members (excludes halogenated alkanes) is 3. The van der Waals surface area contributed by atoms with Gasteiger partial charge in [0.05, 0.1) is 4.92 Å². The van der Waals surface area contributed by atoms with Gasteiger partial charge in [0.2, 0.25) is 0 Å². The van der Waals surface area contributed by atoms with Gasteiger partial charge in [0.15, 0.2) is 0 Å². The van der Waals surface area contributed by atoms with Crippen molar-refractivity contribution in [2.24, 2.45) is 0 Å². The third kappa shape index (κ3) is 5.67. The van der Waals surface area contributed by atoms with E-state index in [4.69, 9.17) is 11.6 Å². The fourth-order valence-electron chi connectivity index (χ4n) is 2.00. The molecule has 1 N–H and O–H groups in total. The van der Waals surface area contributed by atoms with Crippen LogP contribution in [0.25, 0.3) is 0 Å². The topological polar surface area (TPSA) is 85.1 Å². The first kappa shape index (κ1) is 17.4. The number of pyridine rings is 1. The monoisotopic (exact) mass is 313 g/mol. The minimum atomic E-state index is -0.635. The fraction of sp³-hybridized carbons (Fsp3) is 0.571. The van der Waals surface area contributed by atoms with Crippen LogP contribution in [-0.2, 0) is 0 Å². The number of nitro groups is 1. The molecular formula is C14H20ClN3O3. The molecule has 0 spiro atoms. The van der Waals surface area contributed by atoms with Crippen LogP contribution < -0.4 is 5.32 Å². The van der Waals surface area contributed by atoms with Gasteiger partial charge in [-0.1, -0.05) is 44.2 Å². The summed E-state index contributed by atoms with van der Waals surface area (Å²) in [6.07, 6.45) is 6.32. The van der Waals surface area contributed by atoms with Gasteiger partial charge in [-0.3, -0.25) is 14.9 Å². The molecule has 1 unspecified atom stereocenters. The summed E-state index contributed by atoms with van der Waals surface area (Å²) in [6.45, 7) is 4.02. The van der Waals surface area contributed by atoms with Gasteiger partial charge >= 0.3 is 0 Å². The van der Waals surface area contributed by atoms with Gasteiger partial charge in [-0.15, -0.1) is 0 Å². The van der Waals surface area contributed by atoms with Crippen LogP contribution in [0.5, 0.6) is 0 Å². The molecule has 116 valence electrons. The minimum absolute atomic E-state index is 0.0408. The molecule has 21 heavy (non-hydrogen) atoms. The largest absolute Gasteiger partial charge is 0.349 e. The summed E-state index contributed by atoms with van der Waals surface area (Å²) in [6, 6.07) is 1.18. The van der Waals surface area contributed by atoms with Crippen molar-refractivity contribution in [1.82, 2.24) is 10.3 Å². The lowest BCUT2D eigenvalue weighted by molar-refractivity contribution is -0.385. The Morgan fingerprint density at radius 2 is 2.19 bits per heavy atom. The van der Waals surface area contributed by atoms with Crippen molar-refractivity contribution < 1.29 is 9.72 Å².